The second-order valence-electron chi connectivity index (χ2n) is 7.18. The number of rotatable bonds is 0. The van der Waals surface area contributed by atoms with Crippen LogP contribution in [-0.4, -0.2) is 43.0 Å². The normalized spacial score (nSPS) is 26.9. The highest BCUT2D eigenvalue weighted by Crippen LogP contribution is 2.36. The fourth-order valence-electron chi connectivity index (χ4n) is 1.69. The van der Waals surface area contributed by atoms with Gasteiger partial charge in [0.1, 0.15) is 0 Å². The number of hydrogen-bond donors (Lipinski definition) is 0. The Kier molecular flexibility index (Phi) is 7.50. The van der Waals surface area contributed by atoms with Crippen molar-refractivity contribution >= 4 is 30.7 Å². The van der Waals surface area contributed by atoms with E-state index in [1.807, 2.05) is 40.4 Å². The van der Waals surface area contributed by atoms with Crippen molar-refractivity contribution in [2.24, 2.45) is 0 Å². The van der Waals surface area contributed by atoms with Crippen LogP contribution in [0.3, 0.4) is 0 Å². The fraction of sp³-hybridized carbons (Fsp3) is 1.00. The first kappa shape index (κ1) is 21.4. The molecule has 4 nitrogen and oxygen atoms in total. The molecule has 0 aliphatic carbocycles. The van der Waals surface area contributed by atoms with Crippen molar-refractivity contribution in [3.8, 4) is 0 Å². The lowest BCUT2D eigenvalue weighted by Crippen LogP contribution is -2.41. The monoisotopic (exact) mass is 363 g/mol. The van der Waals surface area contributed by atoms with Gasteiger partial charge in [-0.3, -0.25) is 0 Å². The summed E-state index contributed by atoms with van der Waals surface area (Å²) < 4.78 is 21.5. The molecule has 0 unspecified atom stereocenters. The first-order valence-electron chi connectivity index (χ1n) is 7.21. The van der Waals surface area contributed by atoms with Gasteiger partial charge in [0.15, 0.2) is 0 Å². The Morgan fingerprint density at radius 3 is 1.05 bits per heavy atom. The minimum atomic E-state index is -0.188. The largest absolute Gasteiger partial charge is 0.488 e. The molecule has 123 valence electrons. The van der Waals surface area contributed by atoms with Crippen LogP contribution in [0.25, 0.3) is 0 Å². The molecule has 2 heterocycles. The molecular formula is C14H30B2BrO4. The van der Waals surface area contributed by atoms with E-state index in [4.69, 9.17) is 18.6 Å². The van der Waals surface area contributed by atoms with Gasteiger partial charge in [-0.1, -0.05) is 15.9 Å². The Morgan fingerprint density at radius 2 is 0.952 bits per heavy atom. The van der Waals surface area contributed by atoms with Gasteiger partial charge >= 0.3 is 14.8 Å². The molecule has 21 heavy (non-hydrogen) atoms. The molecule has 0 bridgehead atoms. The first-order valence-corrected chi connectivity index (χ1v) is 8.80. The third kappa shape index (κ3) is 5.24. The molecule has 1 radical (unpaired) electrons. The maximum atomic E-state index is 5.54. The molecule has 0 aromatic carbocycles. The average molecular weight is 364 g/mol. The lowest BCUT2D eigenvalue weighted by atomic mass is 9.90. The smallest absolute Gasteiger partial charge is 0.405 e. The zero-order chi connectivity index (χ0) is 17.1. The summed E-state index contributed by atoms with van der Waals surface area (Å²) in [5.41, 5.74) is -0.696. The number of alkyl halides is 1. The molecule has 0 aromatic rings. The SMILES string of the molecule is CB1OC(C)(C)C(C)(C)O1.CBr.CC1(C)O[B]OC1(C)C. The summed E-state index contributed by atoms with van der Waals surface area (Å²) in [6.45, 7) is 18.2. The van der Waals surface area contributed by atoms with Crippen LogP contribution < -0.4 is 0 Å². The maximum Gasteiger partial charge on any atom is 0.488 e. The molecule has 2 saturated heterocycles. The Balaban J connectivity index is 0.000000342. The quantitative estimate of drug-likeness (QED) is 0.484. The van der Waals surface area contributed by atoms with Gasteiger partial charge in [0.25, 0.3) is 0 Å². The second-order valence-corrected chi connectivity index (χ2v) is 7.18. The van der Waals surface area contributed by atoms with Gasteiger partial charge in [-0.05, 0) is 68.0 Å². The van der Waals surface area contributed by atoms with E-state index in [1.165, 1.54) is 7.69 Å². The van der Waals surface area contributed by atoms with E-state index < -0.39 is 0 Å². The zero-order valence-corrected chi connectivity index (χ0v) is 16.8. The molecule has 0 spiro atoms. The van der Waals surface area contributed by atoms with Gasteiger partial charge in [-0.25, -0.2) is 0 Å². The molecule has 0 amide bonds. The van der Waals surface area contributed by atoms with Crippen LogP contribution in [0.5, 0.6) is 0 Å². The minimum Gasteiger partial charge on any atom is -0.405 e. The second kappa shape index (κ2) is 7.35. The Hall–Kier alpha value is 0.450. The summed E-state index contributed by atoms with van der Waals surface area (Å²) in [6, 6.07) is 0. The summed E-state index contributed by atoms with van der Waals surface area (Å²) in [5.74, 6) is 1.81. The summed E-state index contributed by atoms with van der Waals surface area (Å²) in [6.07, 6.45) is 0. The van der Waals surface area contributed by atoms with Crippen LogP contribution in [0.1, 0.15) is 55.4 Å². The van der Waals surface area contributed by atoms with Crippen LogP contribution in [0.4, 0.5) is 0 Å². The Morgan fingerprint density at radius 1 is 0.667 bits per heavy atom. The zero-order valence-electron chi connectivity index (χ0n) is 15.2. The molecule has 2 aliphatic heterocycles. The van der Waals surface area contributed by atoms with E-state index in [9.17, 15) is 0 Å². The van der Waals surface area contributed by atoms with Crippen molar-refractivity contribution in [2.45, 2.75) is 84.6 Å². The highest BCUT2D eigenvalue weighted by molar-refractivity contribution is 9.08. The van der Waals surface area contributed by atoms with Crippen molar-refractivity contribution in [2.75, 3.05) is 5.83 Å². The molecule has 0 atom stereocenters. The number of halogens is 1. The molecule has 0 saturated carbocycles. The molecule has 0 N–H and O–H groups in total. The molecule has 7 heteroatoms. The van der Waals surface area contributed by atoms with E-state index in [0.29, 0.717) is 0 Å². The summed E-state index contributed by atoms with van der Waals surface area (Å²) in [4.78, 5) is 0. The Labute approximate surface area is 140 Å². The van der Waals surface area contributed by atoms with Gasteiger partial charge in [-0.15, -0.1) is 0 Å². The molecule has 0 aromatic heterocycles. The van der Waals surface area contributed by atoms with Crippen LogP contribution in [0, 0.1) is 0 Å². The standard InChI is InChI=1S/C7H15BO2.C6H12BO2.CH3Br/c1-6(2)7(3,4)10-8(5)9-6;1-5(2)6(3,4)9-7-8-5;1-2/h1-5H3;1-4H3;1H3. The van der Waals surface area contributed by atoms with Crippen molar-refractivity contribution in [3.05, 3.63) is 0 Å². The van der Waals surface area contributed by atoms with Crippen molar-refractivity contribution in [1.82, 2.24) is 0 Å². The average Bonchev–Trinajstić information content (AvgIpc) is 2.62. The fourth-order valence-corrected chi connectivity index (χ4v) is 1.69. The van der Waals surface area contributed by atoms with Crippen LogP contribution in [0.2, 0.25) is 6.82 Å². The molecule has 2 rings (SSSR count). The molecular weight excluding hydrogens is 334 g/mol. The van der Waals surface area contributed by atoms with E-state index in [0.717, 1.165) is 0 Å². The Bertz CT molecular complexity index is 303. The highest BCUT2D eigenvalue weighted by Gasteiger charge is 2.48. The predicted octanol–water partition coefficient (Wildman–Crippen LogP) is 3.84. The maximum absolute atomic E-state index is 5.54. The van der Waals surface area contributed by atoms with Crippen molar-refractivity contribution < 1.29 is 18.6 Å². The molecule has 2 fully saturated rings. The first-order chi connectivity index (χ1) is 9.31. The van der Waals surface area contributed by atoms with Crippen molar-refractivity contribution in [1.29, 1.82) is 0 Å². The van der Waals surface area contributed by atoms with E-state index in [2.05, 4.69) is 43.6 Å². The van der Waals surface area contributed by atoms with Crippen LogP contribution in [-0.2, 0) is 18.6 Å². The van der Waals surface area contributed by atoms with Gasteiger partial charge in [0, 0.05) is 0 Å². The summed E-state index contributed by atoms with van der Waals surface area (Å²) >= 11 is 2.94. The minimum absolute atomic E-state index is 0.0648. The summed E-state index contributed by atoms with van der Waals surface area (Å²) in [5, 5.41) is 0. The van der Waals surface area contributed by atoms with Gasteiger partial charge in [-0.2, -0.15) is 0 Å². The summed E-state index contributed by atoms with van der Waals surface area (Å²) in [7, 11) is 1.35. The highest BCUT2D eigenvalue weighted by atomic mass is 79.9. The van der Waals surface area contributed by atoms with Crippen LogP contribution in [0.15, 0.2) is 0 Å². The van der Waals surface area contributed by atoms with Gasteiger partial charge in [0.05, 0.1) is 22.4 Å². The van der Waals surface area contributed by atoms with E-state index in [-0.39, 0.29) is 29.5 Å². The lowest BCUT2D eigenvalue weighted by molar-refractivity contribution is 0.00578. The third-order valence-corrected chi connectivity index (χ3v) is 4.51. The van der Waals surface area contributed by atoms with Crippen molar-refractivity contribution in [3.63, 3.8) is 0 Å². The van der Waals surface area contributed by atoms with E-state index >= 15 is 0 Å². The van der Waals surface area contributed by atoms with Gasteiger partial charge in [0.2, 0.25) is 0 Å². The molecule has 2 aliphatic rings. The third-order valence-electron chi connectivity index (χ3n) is 4.51. The lowest BCUT2D eigenvalue weighted by Gasteiger charge is -2.32. The topological polar surface area (TPSA) is 36.9 Å². The van der Waals surface area contributed by atoms with E-state index in [1.54, 1.807) is 0 Å². The van der Waals surface area contributed by atoms with Gasteiger partial charge < -0.3 is 18.6 Å². The number of hydrogen-bond acceptors (Lipinski definition) is 4. The van der Waals surface area contributed by atoms with Crippen LogP contribution >= 0.6 is 15.9 Å². The predicted molar refractivity (Wildman–Crippen MR) is 92.9 cm³/mol.